The molecule has 112 valence electrons. The number of hydrogen-bond donors (Lipinski definition) is 2. The lowest BCUT2D eigenvalue weighted by Gasteiger charge is -2.23. The number of nitrogens with one attached hydrogen (secondary N) is 1. The van der Waals surface area contributed by atoms with Crippen molar-refractivity contribution in [3.05, 3.63) is 35.4 Å². The fourth-order valence-electron chi connectivity index (χ4n) is 2.03. The zero-order valence-corrected chi connectivity index (χ0v) is 11.9. The van der Waals surface area contributed by atoms with Gasteiger partial charge in [-0.2, -0.15) is 0 Å². The number of amides is 1. The van der Waals surface area contributed by atoms with Gasteiger partial charge in [0.1, 0.15) is 17.7 Å². The molecule has 0 aliphatic heterocycles. The lowest BCUT2D eigenvalue weighted by molar-refractivity contribution is -0.126. The van der Waals surface area contributed by atoms with Crippen LogP contribution < -0.4 is 5.32 Å². The quantitative estimate of drug-likeness (QED) is 0.832. The Hall–Kier alpha value is -1.53. The molecule has 0 aliphatic carbocycles. The van der Waals surface area contributed by atoms with Gasteiger partial charge < -0.3 is 10.4 Å². The molecule has 2 unspecified atom stereocenters. The summed E-state index contributed by atoms with van der Waals surface area (Å²) in [6.07, 6.45) is -0.817. The SMILES string of the molecule is CCC(C(=O)NCC(O)c1c(F)cccc1F)N(C)C. The highest BCUT2D eigenvalue weighted by atomic mass is 19.1. The predicted octanol–water partition coefficient (Wildman–Crippen LogP) is 1.45. The maximum atomic E-state index is 13.5. The topological polar surface area (TPSA) is 52.6 Å². The lowest BCUT2D eigenvalue weighted by atomic mass is 10.1. The molecule has 4 nitrogen and oxygen atoms in total. The van der Waals surface area contributed by atoms with Crippen molar-refractivity contribution in [2.45, 2.75) is 25.5 Å². The van der Waals surface area contributed by atoms with Gasteiger partial charge in [-0.25, -0.2) is 8.78 Å². The van der Waals surface area contributed by atoms with E-state index in [-0.39, 0.29) is 18.5 Å². The summed E-state index contributed by atoms with van der Waals surface area (Å²) in [7, 11) is 3.53. The zero-order valence-electron chi connectivity index (χ0n) is 11.9. The Morgan fingerprint density at radius 2 is 1.90 bits per heavy atom. The Bertz CT molecular complexity index is 446. The molecule has 0 radical (unpaired) electrons. The summed E-state index contributed by atoms with van der Waals surface area (Å²) in [4.78, 5) is 13.6. The molecule has 1 aromatic rings. The van der Waals surface area contributed by atoms with Gasteiger partial charge in [0.2, 0.25) is 5.91 Å². The number of likely N-dealkylation sites (N-methyl/N-ethyl adjacent to an activating group) is 1. The standard InChI is InChI=1S/C14H20F2N2O2/c1-4-11(18(2)3)14(20)17-8-12(19)13-9(15)6-5-7-10(13)16/h5-7,11-12,19H,4,8H2,1-3H3,(H,17,20). The highest BCUT2D eigenvalue weighted by Crippen LogP contribution is 2.20. The number of carbonyl (C=O) groups excluding carboxylic acids is 1. The minimum Gasteiger partial charge on any atom is -0.386 e. The number of aliphatic hydroxyl groups excluding tert-OH is 1. The van der Waals surface area contributed by atoms with Gasteiger partial charge in [-0.1, -0.05) is 13.0 Å². The Balaban J connectivity index is 2.68. The van der Waals surface area contributed by atoms with Gasteiger partial charge in [-0.3, -0.25) is 9.69 Å². The van der Waals surface area contributed by atoms with E-state index < -0.39 is 23.3 Å². The first-order valence-electron chi connectivity index (χ1n) is 6.44. The Morgan fingerprint density at radius 3 is 2.35 bits per heavy atom. The molecule has 0 saturated carbocycles. The third-order valence-electron chi connectivity index (χ3n) is 3.12. The van der Waals surface area contributed by atoms with E-state index in [1.54, 1.807) is 19.0 Å². The number of rotatable bonds is 6. The van der Waals surface area contributed by atoms with E-state index in [2.05, 4.69) is 5.32 Å². The molecule has 0 fully saturated rings. The first kappa shape index (κ1) is 16.5. The van der Waals surface area contributed by atoms with Gasteiger partial charge in [0, 0.05) is 6.54 Å². The zero-order chi connectivity index (χ0) is 15.3. The smallest absolute Gasteiger partial charge is 0.237 e. The molecule has 0 aromatic heterocycles. The van der Waals surface area contributed by atoms with E-state index in [9.17, 15) is 18.7 Å². The van der Waals surface area contributed by atoms with E-state index in [0.29, 0.717) is 6.42 Å². The number of benzene rings is 1. The molecule has 6 heteroatoms. The Kier molecular flexibility index (Phi) is 6.04. The second-order valence-corrected chi connectivity index (χ2v) is 4.78. The van der Waals surface area contributed by atoms with Gasteiger partial charge in [0.15, 0.2) is 0 Å². The van der Waals surface area contributed by atoms with Crippen molar-refractivity contribution < 1.29 is 18.7 Å². The molecule has 1 aromatic carbocycles. The van der Waals surface area contributed by atoms with Crippen LogP contribution in [0.2, 0.25) is 0 Å². The normalized spacial score (nSPS) is 14.2. The highest BCUT2D eigenvalue weighted by Gasteiger charge is 2.22. The van der Waals surface area contributed by atoms with Crippen LogP contribution in [0, 0.1) is 11.6 Å². The summed E-state index contributed by atoms with van der Waals surface area (Å²) in [6.45, 7) is 1.62. The van der Waals surface area contributed by atoms with Crippen LogP contribution in [0.1, 0.15) is 25.0 Å². The minimum absolute atomic E-state index is 0.235. The minimum atomic E-state index is -1.42. The fourth-order valence-corrected chi connectivity index (χ4v) is 2.03. The van der Waals surface area contributed by atoms with E-state index >= 15 is 0 Å². The molecule has 0 bridgehead atoms. The molecule has 20 heavy (non-hydrogen) atoms. The summed E-state index contributed by atoms with van der Waals surface area (Å²) in [5.41, 5.74) is -0.425. The average Bonchev–Trinajstić information content (AvgIpc) is 2.36. The Labute approximate surface area is 117 Å². The van der Waals surface area contributed by atoms with Gasteiger partial charge in [-0.05, 0) is 32.6 Å². The fraction of sp³-hybridized carbons (Fsp3) is 0.500. The molecule has 2 atom stereocenters. The number of halogens is 2. The molecule has 0 aliphatic rings. The van der Waals surface area contributed by atoms with Gasteiger partial charge in [0.25, 0.3) is 0 Å². The summed E-state index contributed by atoms with van der Waals surface area (Å²) in [6, 6.07) is 3.02. The van der Waals surface area contributed by atoms with Crippen LogP contribution in [0.4, 0.5) is 8.78 Å². The second kappa shape index (κ2) is 7.31. The molecular formula is C14H20F2N2O2. The second-order valence-electron chi connectivity index (χ2n) is 4.78. The van der Waals surface area contributed by atoms with Crippen LogP contribution in [0.3, 0.4) is 0 Å². The van der Waals surface area contributed by atoms with Crippen molar-refractivity contribution in [1.82, 2.24) is 10.2 Å². The summed E-state index contributed by atoms with van der Waals surface area (Å²) in [5.74, 6) is -1.94. The monoisotopic (exact) mass is 286 g/mol. The van der Waals surface area contributed by atoms with Crippen molar-refractivity contribution in [1.29, 1.82) is 0 Å². The molecule has 2 N–H and O–H groups in total. The molecular weight excluding hydrogens is 266 g/mol. The molecule has 0 saturated heterocycles. The van der Waals surface area contributed by atoms with Gasteiger partial charge in [-0.15, -0.1) is 0 Å². The van der Waals surface area contributed by atoms with Crippen LogP contribution >= 0.6 is 0 Å². The number of hydrogen-bond acceptors (Lipinski definition) is 3. The number of carbonyl (C=O) groups is 1. The van der Waals surface area contributed by atoms with Crippen LogP contribution in [0.5, 0.6) is 0 Å². The summed E-state index contributed by atoms with van der Waals surface area (Å²) >= 11 is 0. The van der Waals surface area contributed by atoms with E-state index in [4.69, 9.17) is 0 Å². The molecule has 1 rings (SSSR count). The van der Waals surface area contributed by atoms with Crippen molar-refractivity contribution in [3.63, 3.8) is 0 Å². The van der Waals surface area contributed by atoms with Crippen LogP contribution in [-0.4, -0.2) is 42.6 Å². The summed E-state index contributed by atoms with van der Waals surface area (Å²) in [5, 5.41) is 12.3. The summed E-state index contributed by atoms with van der Waals surface area (Å²) < 4.78 is 26.9. The average molecular weight is 286 g/mol. The largest absolute Gasteiger partial charge is 0.386 e. The lowest BCUT2D eigenvalue weighted by Crippen LogP contribution is -2.44. The first-order chi connectivity index (χ1) is 9.38. The van der Waals surface area contributed by atoms with E-state index in [1.807, 2.05) is 6.92 Å². The van der Waals surface area contributed by atoms with Crippen LogP contribution in [-0.2, 0) is 4.79 Å². The van der Waals surface area contributed by atoms with E-state index in [1.165, 1.54) is 6.07 Å². The van der Waals surface area contributed by atoms with Crippen molar-refractivity contribution in [2.24, 2.45) is 0 Å². The van der Waals surface area contributed by atoms with Crippen molar-refractivity contribution in [3.8, 4) is 0 Å². The van der Waals surface area contributed by atoms with Gasteiger partial charge >= 0.3 is 0 Å². The highest BCUT2D eigenvalue weighted by molar-refractivity contribution is 5.81. The van der Waals surface area contributed by atoms with E-state index in [0.717, 1.165) is 12.1 Å². The third kappa shape index (κ3) is 3.98. The molecule has 1 amide bonds. The maximum absolute atomic E-state index is 13.5. The Morgan fingerprint density at radius 1 is 1.35 bits per heavy atom. The third-order valence-corrected chi connectivity index (χ3v) is 3.12. The van der Waals surface area contributed by atoms with Crippen LogP contribution in [0.25, 0.3) is 0 Å². The number of aliphatic hydroxyl groups is 1. The van der Waals surface area contributed by atoms with Crippen molar-refractivity contribution in [2.75, 3.05) is 20.6 Å². The maximum Gasteiger partial charge on any atom is 0.237 e. The first-order valence-corrected chi connectivity index (χ1v) is 6.44. The molecule has 0 heterocycles. The molecule has 0 spiro atoms. The van der Waals surface area contributed by atoms with Gasteiger partial charge in [0.05, 0.1) is 11.6 Å². The van der Waals surface area contributed by atoms with Crippen molar-refractivity contribution >= 4 is 5.91 Å². The van der Waals surface area contributed by atoms with Crippen LogP contribution in [0.15, 0.2) is 18.2 Å². The number of nitrogens with zero attached hydrogens (tertiary/aromatic N) is 1. The predicted molar refractivity (Wildman–Crippen MR) is 72.1 cm³/mol.